The molecule has 0 radical (unpaired) electrons. The van der Waals surface area contributed by atoms with E-state index >= 15 is 0 Å². The van der Waals surface area contributed by atoms with Crippen LogP contribution in [-0.2, 0) is 51.7 Å². The van der Waals surface area contributed by atoms with E-state index in [2.05, 4.69) is 32.9 Å². The van der Waals surface area contributed by atoms with E-state index in [1.54, 1.807) is 6.92 Å². The van der Waals surface area contributed by atoms with Gasteiger partial charge in [-0.05, 0) is 136 Å². The number of hydrogen-bond donors (Lipinski definition) is 6. The summed E-state index contributed by atoms with van der Waals surface area (Å²) in [6.07, 6.45) is 7.24. The standard InChI is InChI=1S/C52H68N2O10/c1-24-29-14-37(56)43-28-11-9-26-13-34-35(18-47(26,5)30(28)15-38(44(29)43)61-52(24)41(59)20-45(2,3)63-52)53-33-12-25-8-10-27-31(48(25,6)19-36(33)54-34)16-39(57)49(7)32(27)17-42-50(49,60)22-51(62-42)40(58)21-46(4,23-55)64-51/h15,17,24-27,29,31,37,39-42,55-60H,8-14,16,18-23H2,1-7H3/t24-,25-,26-,27+,29+,31-,37+,39+,40+,41+,42-,46-,47-,48-,49+,50+,51-,52?/m0/s1. The fourth-order valence-electron chi connectivity index (χ4n) is 17.3. The maximum absolute atomic E-state index is 12.7. The Morgan fingerprint density at radius 2 is 1.52 bits per heavy atom. The molecule has 2 saturated carbocycles. The molecule has 18 atom stereocenters. The van der Waals surface area contributed by atoms with E-state index in [0.29, 0.717) is 31.1 Å². The topological polar surface area (TPSA) is 184 Å². The zero-order valence-corrected chi connectivity index (χ0v) is 38.6. The van der Waals surface area contributed by atoms with Gasteiger partial charge in [-0.15, -0.1) is 0 Å². The second-order valence-corrected chi connectivity index (χ2v) is 24.7. The highest BCUT2D eigenvalue weighted by Gasteiger charge is 2.76. The van der Waals surface area contributed by atoms with Crippen LogP contribution in [0.3, 0.4) is 0 Å². The summed E-state index contributed by atoms with van der Waals surface area (Å²) in [4.78, 5) is 11.1. The van der Waals surface area contributed by atoms with Crippen LogP contribution in [0, 0.1) is 40.4 Å². The molecule has 5 fully saturated rings. The summed E-state index contributed by atoms with van der Waals surface area (Å²) < 4.78 is 26.4. The molecule has 13 rings (SSSR count). The Balaban J connectivity index is 0.807. The zero-order chi connectivity index (χ0) is 44.7. The molecule has 0 bridgehead atoms. The summed E-state index contributed by atoms with van der Waals surface area (Å²) >= 11 is 0. The van der Waals surface area contributed by atoms with Crippen LogP contribution in [-0.4, -0.2) is 100 Å². The van der Waals surface area contributed by atoms with Crippen molar-refractivity contribution in [1.82, 2.24) is 9.97 Å². The normalized spacial score (nSPS) is 51.8. The van der Waals surface area contributed by atoms with Crippen LogP contribution in [0.15, 0.2) is 17.7 Å². The highest BCUT2D eigenvalue weighted by atomic mass is 16.7. The molecule has 11 aliphatic rings. The van der Waals surface area contributed by atoms with E-state index in [0.717, 1.165) is 96.6 Å². The van der Waals surface area contributed by atoms with Gasteiger partial charge in [0.2, 0.25) is 5.79 Å². The fourth-order valence-corrected chi connectivity index (χ4v) is 17.3. The number of ether oxygens (including phenoxy) is 4. The average molecular weight is 881 g/mol. The van der Waals surface area contributed by atoms with Crippen LogP contribution >= 0.6 is 0 Å². The lowest BCUT2D eigenvalue weighted by Crippen LogP contribution is -2.62. The Morgan fingerprint density at radius 1 is 0.781 bits per heavy atom. The Bertz CT molecular complexity index is 2440. The van der Waals surface area contributed by atoms with Crippen molar-refractivity contribution >= 4 is 0 Å². The second kappa shape index (κ2) is 12.6. The number of nitrogens with zero attached hydrogens (tertiary/aromatic N) is 2. The highest BCUT2D eigenvalue weighted by molar-refractivity contribution is 5.60. The number of rotatable bonds is 1. The molecule has 346 valence electrons. The lowest BCUT2D eigenvalue weighted by atomic mass is 9.45. The number of aliphatic hydroxyl groups is 6. The SMILES string of the molecule is C[C@H]1[C@H]2C[C@@H](O)c3c4c(cc(c32)OC12OC(C)(C)C[C@H]2O)[C@@]1(C)Cc2nc3c(nc2C[C@@H]1CC4)C[C@@]1(C)[C@@H](CC[C@H]2C4=C[C@@H]5O[C@@]6(C[C@]5(O)[C@@]4(C)[C@H](O)C[C@@H]21)O[C@](C)(CO)C[C@H]6O)C3. The highest BCUT2D eigenvalue weighted by Crippen LogP contribution is 2.70. The Labute approximate surface area is 376 Å². The summed E-state index contributed by atoms with van der Waals surface area (Å²) in [5.41, 5.74) is 5.97. The maximum Gasteiger partial charge on any atom is 0.240 e. The third-order valence-corrected chi connectivity index (χ3v) is 20.8. The van der Waals surface area contributed by atoms with Crippen molar-refractivity contribution < 1.29 is 49.6 Å². The van der Waals surface area contributed by atoms with Crippen molar-refractivity contribution in [3.63, 3.8) is 0 Å². The summed E-state index contributed by atoms with van der Waals surface area (Å²) in [6.45, 7) is 14.5. The summed E-state index contributed by atoms with van der Waals surface area (Å²) in [5.74, 6) is -0.783. The van der Waals surface area contributed by atoms with Gasteiger partial charge in [-0.3, -0.25) is 9.97 Å². The first-order valence-electron chi connectivity index (χ1n) is 24.7. The molecule has 64 heavy (non-hydrogen) atoms. The first kappa shape index (κ1) is 41.7. The van der Waals surface area contributed by atoms with Crippen LogP contribution in [0.2, 0.25) is 0 Å². The summed E-state index contributed by atoms with van der Waals surface area (Å²) in [5, 5.41) is 69.7. The second-order valence-electron chi connectivity index (χ2n) is 24.7. The molecule has 0 amide bonds. The van der Waals surface area contributed by atoms with Crippen LogP contribution < -0.4 is 4.74 Å². The van der Waals surface area contributed by atoms with E-state index in [4.69, 9.17) is 28.9 Å². The van der Waals surface area contributed by atoms with E-state index in [1.807, 2.05) is 20.8 Å². The van der Waals surface area contributed by atoms with E-state index in [1.165, 1.54) is 11.1 Å². The van der Waals surface area contributed by atoms with E-state index in [-0.39, 0.29) is 54.0 Å². The van der Waals surface area contributed by atoms with Crippen molar-refractivity contribution in [3.05, 3.63) is 62.7 Å². The fraction of sp³-hybridized carbons (Fsp3) is 0.769. The van der Waals surface area contributed by atoms with Gasteiger partial charge in [0, 0.05) is 48.0 Å². The van der Waals surface area contributed by atoms with Gasteiger partial charge in [0.25, 0.3) is 0 Å². The van der Waals surface area contributed by atoms with Gasteiger partial charge in [-0.25, -0.2) is 0 Å². The number of aliphatic hydroxyl groups excluding tert-OH is 5. The predicted octanol–water partition coefficient (Wildman–Crippen LogP) is 5.11. The molecule has 4 aliphatic heterocycles. The first-order valence-corrected chi connectivity index (χ1v) is 24.7. The molecule has 5 heterocycles. The van der Waals surface area contributed by atoms with Crippen molar-refractivity contribution in [3.8, 4) is 5.75 Å². The summed E-state index contributed by atoms with van der Waals surface area (Å²) in [7, 11) is 0. The van der Waals surface area contributed by atoms with Gasteiger partial charge in [0.1, 0.15) is 29.7 Å². The molecule has 1 aromatic carbocycles. The smallest absolute Gasteiger partial charge is 0.240 e. The molecule has 7 aliphatic carbocycles. The van der Waals surface area contributed by atoms with Crippen LogP contribution in [0.1, 0.15) is 157 Å². The average Bonchev–Trinajstić information content (AvgIpc) is 3.93. The Hall–Kier alpha value is -2.52. The molecule has 2 aromatic rings. The Kier molecular flexibility index (Phi) is 8.18. The minimum absolute atomic E-state index is 0.0308. The lowest BCUT2D eigenvalue weighted by Gasteiger charge is -2.61. The van der Waals surface area contributed by atoms with Gasteiger partial charge >= 0.3 is 0 Å². The first-order chi connectivity index (χ1) is 30.1. The monoisotopic (exact) mass is 880 g/mol. The molecule has 12 nitrogen and oxygen atoms in total. The van der Waals surface area contributed by atoms with Gasteiger partial charge < -0.3 is 49.6 Å². The van der Waals surface area contributed by atoms with Crippen molar-refractivity contribution in [2.24, 2.45) is 40.4 Å². The van der Waals surface area contributed by atoms with Gasteiger partial charge in [0.05, 0.1) is 52.8 Å². The number of benzene rings is 1. The molecule has 3 saturated heterocycles. The third kappa shape index (κ3) is 4.91. The summed E-state index contributed by atoms with van der Waals surface area (Å²) in [6, 6.07) is 2.26. The molecule has 1 unspecified atom stereocenters. The van der Waals surface area contributed by atoms with Gasteiger partial charge in [-0.1, -0.05) is 39.3 Å². The molecule has 2 spiro atoms. The zero-order valence-electron chi connectivity index (χ0n) is 38.6. The molecule has 1 aromatic heterocycles. The van der Waals surface area contributed by atoms with Crippen molar-refractivity contribution in [1.29, 1.82) is 0 Å². The number of hydrogen-bond acceptors (Lipinski definition) is 12. The van der Waals surface area contributed by atoms with Crippen LogP contribution in [0.25, 0.3) is 0 Å². The van der Waals surface area contributed by atoms with Gasteiger partial charge in [0.15, 0.2) is 5.79 Å². The maximum atomic E-state index is 12.7. The predicted molar refractivity (Wildman–Crippen MR) is 232 cm³/mol. The van der Waals surface area contributed by atoms with Crippen LogP contribution in [0.5, 0.6) is 5.75 Å². The van der Waals surface area contributed by atoms with E-state index < -0.39 is 64.3 Å². The van der Waals surface area contributed by atoms with E-state index in [9.17, 15) is 30.6 Å². The Morgan fingerprint density at radius 3 is 2.22 bits per heavy atom. The minimum atomic E-state index is -1.46. The molecular formula is C52H68N2O10. The van der Waals surface area contributed by atoms with Crippen molar-refractivity contribution in [2.45, 2.75) is 202 Å². The molecule has 12 heteroatoms. The molecular weight excluding hydrogens is 813 g/mol. The van der Waals surface area contributed by atoms with Gasteiger partial charge in [-0.2, -0.15) is 0 Å². The largest absolute Gasteiger partial charge is 0.459 e. The quantitative estimate of drug-likeness (QED) is 0.209. The molecule has 6 N–H and O–H groups in total. The number of aromatic nitrogens is 2. The van der Waals surface area contributed by atoms with Crippen molar-refractivity contribution in [2.75, 3.05) is 6.61 Å². The minimum Gasteiger partial charge on any atom is -0.459 e. The van der Waals surface area contributed by atoms with Crippen LogP contribution in [0.4, 0.5) is 0 Å². The lowest BCUT2D eigenvalue weighted by molar-refractivity contribution is -0.263. The third-order valence-electron chi connectivity index (χ3n) is 20.8. The number of fused-ring (bicyclic) bond motifs is 13.